The van der Waals surface area contributed by atoms with Crippen molar-refractivity contribution in [1.82, 2.24) is 39.2 Å². The highest BCUT2D eigenvalue weighted by atomic mass is 35.5. The fraction of sp³-hybridized carbons (Fsp3) is 0.118. The molecule has 3 N–H and O–H groups in total. The lowest BCUT2D eigenvalue weighted by Crippen LogP contribution is -2.06. The van der Waals surface area contributed by atoms with Gasteiger partial charge in [0, 0.05) is 34.3 Å². The maximum Gasteiger partial charge on any atom is 0.243 e. The van der Waals surface area contributed by atoms with Crippen molar-refractivity contribution in [2.75, 3.05) is 11.1 Å². The fourth-order valence-corrected chi connectivity index (χ4v) is 6.77. The van der Waals surface area contributed by atoms with E-state index in [0.717, 1.165) is 54.7 Å². The monoisotopic (exact) mass is 746 g/mol. The van der Waals surface area contributed by atoms with Gasteiger partial charge < -0.3 is 11.1 Å². The molecule has 6 aromatic heterocycles. The van der Waals surface area contributed by atoms with Crippen molar-refractivity contribution >= 4 is 80.1 Å². The van der Waals surface area contributed by atoms with E-state index in [1.54, 1.807) is 31.7 Å². The summed E-state index contributed by atoms with van der Waals surface area (Å²) in [5.74, 6) is 1.61. The molecule has 0 spiro atoms. The number of fused-ring (bicyclic) bond motifs is 2. The first-order valence-electron chi connectivity index (χ1n) is 14.9. The van der Waals surface area contributed by atoms with E-state index in [9.17, 15) is 0 Å². The highest BCUT2D eigenvalue weighted by molar-refractivity contribution is 7.09. The number of hydrogen-bond acceptors (Lipinski definition) is 10. The molecule has 0 amide bonds. The van der Waals surface area contributed by atoms with Gasteiger partial charge in [0.15, 0.2) is 11.6 Å². The minimum absolute atomic E-state index is 0.144. The molecule has 0 aliphatic heterocycles. The van der Waals surface area contributed by atoms with E-state index in [1.165, 1.54) is 0 Å². The van der Waals surface area contributed by atoms with Crippen molar-refractivity contribution in [2.45, 2.75) is 26.3 Å². The molecule has 0 saturated carbocycles. The average molecular weight is 748 g/mol. The van der Waals surface area contributed by atoms with Crippen LogP contribution in [-0.2, 0) is 12.4 Å². The van der Waals surface area contributed by atoms with Crippen LogP contribution in [0.3, 0.4) is 0 Å². The highest BCUT2D eigenvalue weighted by Crippen LogP contribution is 2.31. The van der Waals surface area contributed by atoms with E-state index in [4.69, 9.17) is 40.5 Å². The number of nitrogens with zero attached hydrogens (tertiary/aromatic N) is 8. The maximum atomic E-state index is 6.07. The Bertz CT molecular complexity index is 2300. The molecule has 0 saturated heterocycles. The number of anilines is 2. The minimum Gasteiger partial charge on any atom is -0.382 e. The molecular weight excluding hydrogens is 719 g/mol. The number of nitrogens with two attached hydrogens (primary N) is 1. The average Bonchev–Trinajstić information content (AvgIpc) is 3.92. The molecule has 49 heavy (non-hydrogen) atoms. The number of nitrogens with one attached hydrogen (secondary N) is 1. The lowest BCUT2D eigenvalue weighted by Gasteiger charge is -2.09. The third kappa shape index (κ3) is 8.35. The number of benzene rings is 2. The summed E-state index contributed by atoms with van der Waals surface area (Å²) in [4.78, 5) is 16.9. The predicted molar refractivity (Wildman–Crippen MR) is 202 cm³/mol. The number of thiazole rings is 2. The van der Waals surface area contributed by atoms with Gasteiger partial charge in [-0.2, -0.15) is 9.97 Å². The third-order valence-corrected chi connectivity index (χ3v) is 9.31. The second-order valence-electron chi connectivity index (χ2n) is 10.5. The molecule has 8 rings (SSSR count). The van der Waals surface area contributed by atoms with Gasteiger partial charge in [-0.15, -0.1) is 44.5 Å². The molecule has 15 heteroatoms. The van der Waals surface area contributed by atoms with Crippen LogP contribution in [0.15, 0.2) is 96.0 Å². The maximum absolute atomic E-state index is 6.07. The third-order valence-electron chi connectivity index (χ3n) is 7.07. The summed E-state index contributed by atoms with van der Waals surface area (Å²) >= 11 is 20.6. The predicted octanol–water partition coefficient (Wildman–Crippen LogP) is 9.25. The van der Waals surface area contributed by atoms with Crippen LogP contribution in [0.5, 0.6) is 0 Å². The smallest absolute Gasteiger partial charge is 0.243 e. The Kier molecular flexibility index (Phi) is 11.0. The number of nitrogen functional groups attached to an aromatic ring is 1. The van der Waals surface area contributed by atoms with Crippen molar-refractivity contribution in [3.05, 3.63) is 128 Å². The normalized spacial score (nSPS) is 10.8. The number of rotatable bonds is 6. The fourth-order valence-electron chi connectivity index (χ4n) is 4.98. The first kappa shape index (κ1) is 34.3. The Morgan fingerprint density at radius 1 is 0.673 bits per heavy atom. The van der Waals surface area contributed by atoms with Crippen LogP contribution in [0, 0.1) is 13.8 Å². The molecule has 0 bridgehead atoms. The molecule has 0 aliphatic rings. The van der Waals surface area contributed by atoms with Gasteiger partial charge in [-0.3, -0.25) is 0 Å². The summed E-state index contributed by atoms with van der Waals surface area (Å²) in [7, 11) is 0. The Labute approximate surface area is 305 Å². The van der Waals surface area contributed by atoms with Gasteiger partial charge in [0.05, 0.1) is 33.8 Å². The van der Waals surface area contributed by atoms with Crippen molar-refractivity contribution in [3.63, 3.8) is 0 Å². The number of hydrogen-bond donors (Lipinski definition) is 2. The van der Waals surface area contributed by atoms with Gasteiger partial charge in [-0.25, -0.2) is 19.0 Å². The van der Waals surface area contributed by atoms with Gasteiger partial charge in [0.2, 0.25) is 10.6 Å². The molecule has 0 fully saturated rings. The van der Waals surface area contributed by atoms with Crippen molar-refractivity contribution in [1.29, 1.82) is 0 Å². The zero-order chi connectivity index (χ0) is 34.3. The molecule has 8 aromatic rings. The van der Waals surface area contributed by atoms with Crippen LogP contribution >= 0.6 is 57.5 Å². The Morgan fingerprint density at radius 2 is 1.18 bits per heavy atom. The quantitative estimate of drug-likeness (QED) is 0.161. The molecule has 248 valence electrons. The van der Waals surface area contributed by atoms with Gasteiger partial charge in [-0.05, 0) is 60.3 Å². The minimum atomic E-state index is 0.144. The molecule has 0 atom stereocenters. The first-order chi connectivity index (χ1) is 23.8. The molecule has 0 radical (unpaired) electrons. The Morgan fingerprint density at radius 3 is 1.69 bits per heavy atom. The van der Waals surface area contributed by atoms with E-state index in [0.29, 0.717) is 24.1 Å². The van der Waals surface area contributed by atoms with E-state index >= 15 is 0 Å². The molecule has 6 heterocycles. The van der Waals surface area contributed by atoms with Gasteiger partial charge >= 0.3 is 0 Å². The zero-order valence-electron chi connectivity index (χ0n) is 26.3. The lowest BCUT2D eigenvalue weighted by molar-refractivity contribution is 0.899. The summed E-state index contributed by atoms with van der Waals surface area (Å²) in [6.07, 6.45) is 3.71. The number of aryl methyl sites for hydroxylation is 2. The molecule has 0 unspecified atom stereocenters. The number of aromatic nitrogens is 8. The highest BCUT2D eigenvalue weighted by Gasteiger charge is 2.14. The Hall–Kier alpha value is -4.59. The molecular formula is C34H29Cl3N10S2. The standard InChI is InChI=1S/C17H14ClN5S.C12H9ClN4.C5H6ClNS/c1-11-20-13(10-24-11)9-19-16-15-14(12-5-3-2-4-6-12)7-8-23(15)22-17(18)21-16;13-12-15-11(14)10-9(6-7-17(10)16-12)8-4-2-1-3-5-8;1-4-7-5(2-6)3-8-4/h2-8,10H,9H2,1H3,(H,19,21,22);1-7H,(H2,14,15,16);3H,2H2,1H3. The van der Waals surface area contributed by atoms with Gasteiger partial charge in [-0.1, -0.05) is 60.7 Å². The second-order valence-corrected chi connectivity index (χ2v) is 13.5. The summed E-state index contributed by atoms with van der Waals surface area (Å²) in [6.45, 7) is 4.56. The van der Waals surface area contributed by atoms with Crippen molar-refractivity contribution in [2.24, 2.45) is 0 Å². The topological polar surface area (TPSA) is 124 Å². The number of halogens is 3. The first-order valence-corrected chi connectivity index (χ1v) is 17.9. The van der Waals surface area contributed by atoms with E-state index in [-0.39, 0.29) is 10.6 Å². The summed E-state index contributed by atoms with van der Waals surface area (Å²) in [6, 6.07) is 24.1. The summed E-state index contributed by atoms with van der Waals surface area (Å²) < 4.78 is 3.40. The summed E-state index contributed by atoms with van der Waals surface area (Å²) in [5, 5.41) is 18.2. The van der Waals surface area contributed by atoms with Gasteiger partial charge in [0.1, 0.15) is 11.0 Å². The molecule has 10 nitrogen and oxygen atoms in total. The van der Waals surface area contributed by atoms with Gasteiger partial charge in [0.25, 0.3) is 0 Å². The zero-order valence-corrected chi connectivity index (χ0v) is 30.2. The lowest BCUT2D eigenvalue weighted by atomic mass is 10.1. The Balaban J connectivity index is 0.000000144. The van der Waals surface area contributed by atoms with Crippen molar-refractivity contribution < 1.29 is 0 Å². The van der Waals surface area contributed by atoms with E-state index < -0.39 is 0 Å². The van der Waals surface area contributed by atoms with Crippen LogP contribution in [-0.4, -0.2) is 39.2 Å². The van der Waals surface area contributed by atoms with Crippen LogP contribution in [0.4, 0.5) is 11.6 Å². The SMILES string of the molecule is Cc1nc(CCl)cs1.Cc1nc(CNc2nc(Cl)nn3ccc(-c4ccccc4)c23)cs1.Nc1nc(Cl)nn2ccc(-c3ccccc3)c12. The van der Waals surface area contributed by atoms with Crippen molar-refractivity contribution in [3.8, 4) is 22.3 Å². The van der Waals surface area contributed by atoms with Crippen LogP contribution in [0.1, 0.15) is 21.4 Å². The van der Waals surface area contributed by atoms with Crippen LogP contribution < -0.4 is 11.1 Å². The molecule has 0 aliphatic carbocycles. The van der Waals surface area contributed by atoms with E-state index in [2.05, 4.69) is 47.6 Å². The number of alkyl halides is 1. The molecule has 2 aromatic carbocycles. The van der Waals surface area contributed by atoms with E-state index in [1.807, 2.05) is 97.7 Å². The van der Waals surface area contributed by atoms with Crippen LogP contribution in [0.25, 0.3) is 33.3 Å². The second kappa shape index (κ2) is 15.7. The van der Waals surface area contributed by atoms with Crippen LogP contribution in [0.2, 0.25) is 10.6 Å². The largest absolute Gasteiger partial charge is 0.382 e. The summed E-state index contributed by atoms with van der Waals surface area (Å²) in [5.41, 5.74) is 13.8.